The Bertz CT molecular complexity index is 629. The lowest BCUT2D eigenvalue weighted by Crippen LogP contribution is -2.20. The Morgan fingerprint density at radius 1 is 1.14 bits per heavy atom. The Morgan fingerprint density at radius 3 is 2.62 bits per heavy atom. The molecule has 0 aliphatic rings. The molecular formula is C15H14N2O4. The maximum absolute atomic E-state index is 11.7. The molecule has 2 N–H and O–H groups in total. The van der Waals surface area contributed by atoms with E-state index in [1.807, 2.05) is 30.3 Å². The highest BCUT2D eigenvalue weighted by Gasteiger charge is 2.13. The number of hydrogen-bond donors (Lipinski definition) is 2. The number of carbonyl (C=O) groups excluding carboxylic acids is 1. The molecule has 0 radical (unpaired) electrons. The molecule has 0 aliphatic heterocycles. The summed E-state index contributed by atoms with van der Waals surface area (Å²) in [6, 6.07) is 12.3. The molecule has 0 saturated carbocycles. The number of carboxylic acid groups (broad SMARTS) is 1. The maximum atomic E-state index is 11.7. The lowest BCUT2D eigenvalue weighted by atomic mass is 10.2. The van der Waals surface area contributed by atoms with Gasteiger partial charge in [-0.25, -0.2) is 9.78 Å². The summed E-state index contributed by atoms with van der Waals surface area (Å²) in [6.45, 7) is 0.132. The number of pyridine rings is 1. The fourth-order valence-electron chi connectivity index (χ4n) is 1.68. The van der Waals surface area contributed by atoms with E-state index in [9.17, 15) is 9.59 Å². The molecule has 21 heavy (non-hydrogen) atoms. The molecule has 0 fully saturated rings. The Kier molecular flexibility index (Phi) is 5.00. The van der Waals surface area contributed by atoms with Crippen molar-refractivity contribution in [1.29, 1.82) is 0 Å². The van der Waals surface area contributed by atoms with Crippen LogP contribution in [-0.2, 0) is 16.1 Å². The Morgan fingerprint density at radius 2 is 1.90 bits per heavy atom. The highest BCUT2D eigenvalue weighted by Crippen LogP contribution is 2.11. The van der Waals surface area contributed by atoms with Crippen LogP contribution in [0.2, 0.25) is 0 Å². The number of anilines is 1. The van der Waals surface area contributed by atoms with Gasteiger partial charge in [0.05, 0.1) is 6.61 Å². The molecule has 0 saturated heterocycles. The van der Waals surface area contributed by atoms with E-state index >= 15 is 0 Å². The normalized spacial score (nSPS) is 10.1. The zero-order valence-corrected chi connectivity index (χ0v) is 11.2. The number of nitrogens with zero attached hydrogens (tertiary/aromatic N) is 1. The summed E-state index contributed by atoms with van der Waals surface area (Å²) in [5.41, 5.74) is 0.892. The molecule has 0 unspecified atom stereocenters. The SMILES string of the molecule is O=C(COCc1ccccc1)Nc1ncccc1C(=O)O. The summed E-state index contributed by atoms with van der Waals surface area (Å²) in [5, 5.41) is 11.4. The van der Waals surface area contributed by atoms with Crippen LogP contribution in [0.1, 0.15) is 15.9 Å². The van der Waals surface area contributed by atoms with Gasteiger partial charge in [0.15, 0.2) is 0 Å². The van der Waals surface area contributed by atoms with Crippen molar-refractivity contribution in [2.75, 3.05) is 11.9 Å². The lowest BCUT2D eigenvalue weighted by molar-refractivity contribution is -0.121. The second-order valence-electron chi connectivity index (χ2n) is 4.23. The number of carbonyl (C=O) groups is 2. The molecule has 0 spiro atoms. The summed E-state index contributed by atoms with van der Waals surface area (Å²) in [4.78, 5) is 26.5. The standard InChI is InChI=1S/C15H14N2O4/c18-13(10-21-9-11-5-2-1-3-6-11)17-14-12(15(19)20)7-4-8-16-14/h1-8H,9-10H2,(H,19,20)(H,16,17,18). The van der Waals surface area contributed by atoms with Gasteiger partial charge in [0.25, 0.3) is 5.91 Å². The van der Waals surface area contributed by atoms with E-state index in [1.165, 1.54) is 18.3 Å². The second kappa shape index (κ2) is 7.16. The van der Waals surface area contributed by atoms with E-state index in [4.69, 9.17) is 9.84 Å². The van der Waals surface area contributed by atoms with Gasteiger partial charge in [-0.05, 0) is 17.7 Å². The Balaban J connectivity index is 1.86. The average molecular weight is 286 g/mol. The van der Waals surface area contributed by atoms with Crippen LogP contribution in [0.5, 0.6) is 0 Å². The number of benzene rings is 1. The van der Waals surface area contributed by atoms with Crippen molar-refractivity contribution >= 4 is 17.7 Å². The van der Waals surface area contributed by atoms with E-state index in [0.29, 0.717) is 6.61 Å². The molecule has 1 heterocycles. The minimum atomic E-state index is -1.15. The zero-order valence-electron chi connectivity index (χ0n) is 11.2. The third-order valence-corrected chi connectivity index (χ3v) is 2.64. The highest BCUT2D eigenvalue weighted by atomic mass is 16.5. The van der Waals surface area contributed by atoms with Crippen molar-refractivity contribution in [3.63, 3.8) is 0 Å². The van der Waals surface area contributed by atoms with Gasteiger partial charge in [0.1, 0.15) is 18.0 Å². The number of ether oxygens (including phenoxy) is 1. The molecule has 0 aliphatic carbocycles. The van der Waals surface area contributed by atoms with Crippen LogP contribution >= 0.6 is 0 Å². The molecule has 6 nitrogen and oxygen atoms in total. The van der Waals surface area contributed by atoms with Crippen molar-refractivity contribution < 1.29 is 19.4 Å². The zero-order chi connectivity index (χ0) is 15.1. The van der Waals surface area contributed by atoms with Crippen molar-refractivity contribution in [3.05, 3.63) is 59.8 Å². The molecule has 1 aromatic heterocycles. The quantitative estimate of drug-likeness (QED) is 0.847. The highest BCUT2D eigenvalue weighted by molar-refractivity contribution is 5.99. The summed E-state index contributed by atoms with van der Waals surface area (Å²) in [6.07, 6.45) is 1.41. The lowest BCUT2D eigenvalue weighted by Gasteiger charge is -2.07. The van der Waals surface area contributed by atoms with E-state index in [1.54, 1.807) is 0 Å². The Labute approximate surface area is 121 Å². The molecule has 0 bridgehead atoms. The van der Waals surface area contributed by atoms with Crippen molar-refractivity contribution in [1.82, 2.24) is 4.98 Å². The second-order valence-corrected chi connectivity index (χ2v) is 4.23. The van der Waals surface area contributed by atoms with Gasteiger partial charge in [0.2, 0.25) is 0 Å². The Hall–Kier alpha value is -2.73. The maximum Gasteiger partial charge on any atom is 0.339 e. The predicted molar refractivity (Wildman–Crippen MR) is 75.9 cm³/mol. The van der Waals surface area contributed by atoms with E-state index in [-0.39, 0.29) is 18.0 Å². The van der Waals surface area contributed by atoms with Gasteiger partial charge in [-0.1, -0.05) is 30.3 Å². The van der Waals surface area contributed by atoms with Crippen molar-refractivity contribution in [2.45, 2.75) is 6.61 Å². The molecule has 108 valence electrons. The third-order valence-electron chi connectivity index (χ3n) is 2.64. The van der Waals surface area contributed by atoms with Gasteiger partial charge >= 0.3 is 5.97 Å². The predicted octanol–water partition coefficient (Wildman–Crippen LogP) is 1.94. The first-order valence-electron chi connectivity index (χ1n) is 6.26. The molecule has 0 atom stereocenters. The minimum absolute atomic E-state index is 0.0123. The smallest absolute Gasteiger partial charge is 0.339 e. The van der Waals surface area contributed by atoms with Gasteiger partial charge in [-0.3, -0.25) is 4.79 Å². The number of rotatable bonds is 6. The van der Waals surface area contributed by atoms with E-state index < -0.39 is 11.9 Å². The van der Waals surface area contributed by atoms with E-state index in [2.05, 4.69) is 10.3 Å². The van der Waals surface area contributed by atoms with Crippen molar-refractivity contribution in [3.8, 4) is 0 Å². The van der Waals surface area contributed by atoms with Crippen LogP contribution in [0, 0.1) is 0 Å². The van der Waals surface area contributed by atoms with Crippen LogP contribution in [0.25, 0.3) is 0 Å². The summed E-state index contributed by atoms with van der Waals surface area (Å²) >= 11 is 0. The number of aromatic carboxylic acids is 1. The van der Waals surface area contributed by atoms with Gasteiger partial charge in [-0.15, -0.1) is 0 Å². The summed E-state index contributed by atoms with van der Waals surface area (Å²) in [7, 11) is 0. The fraction of sp³-hybridized carbons (Fsp3) is 0.133. The van der Waals surface area contributed by atoms with Crippen LogP contribution in [-0.4, -0.2) is 28.6 Å². The summed E-state index contributed by atoms with van der Waals surface area (Å²) in [5.74, 6) is -1.59. The van der Waals surface area contributed by atoms with Crippen LogP contribution in [0.4, 0.5) is 5.82 Å². The fourth-order valence-corrected chi connectivity index (χ4v) is 1.68. The van der Waals surface area contributed by atoms with Gasteiger partial charge < -0.3 is 15.2 Å². The number of hydrogen-bond acceptors (Lipinski definition) is 4. The van der Waals surface area contributed by atoms with E-state index in [0.717, 1.165) is 5.56 Å². The number of amides is 1. The number of nitrogens with one attached hydrogen (secondary N) is 1. The molecule has 1 amide bonds. The molecule has 6 heteroatoms. The first kappa shape index (κ1) is 14.7. The van der Waals surface area contributed by atoms with Gasteiger partial charge in [-0.2, -0.15) is 0 Å². The van der Waals surface area contributed by atoms with Crippen LogP contribution in [0.3, 0.4) is 0 Å². The third kappa shape index (κ3) is 4.39. The van der Waals surface area contributed by atoms with Crippen LogP contribution in [0.15, 0.2) is 48.7 Å². The topological polar surface area (TPSA) is 88.5 Å². The number of aromatic nitrogens is 1. The van der Waals surface area contributed by atoms with Crippen molar-refractivity contribution in [2.24, 2.45) is 0 Å². The summed E-state index contributed by atoms with van der Waals surface area (Å²) < 4.78 is 5.27. The number of carboxylic acids is 1. The largest absolute Gasteiger partial charge is 0.478 e. The monoisotopic (exact) mass is 286 g/mol. The molecule has 2 rings (SSSR count). The van der Waals surface area contributed by atoms with Gasteiger partial charge in [0, 0.05) is 6.20 Å². The molecular weight excluding hydrogens is 272 g/mol. The first-order chi connectivity index (χ1) is 10.2. The minimum Gasteiger partial charge on any atom is -0.478 e. The molecule has 2 aromatic rings. The van der Waals surface area contributed by atoms with Crippen LogP contribution < -0.4 is 5.32 Å². The average Bonchev–Trinajstić information content (AvgIpc) is 2.48. The first-order valence-corrected chi connectivity index (χ1v) is 6.26. The molecule has 1 aromatic carbocycles.